The number of rotatable bonds is 5. The SMILES string of the molecule is CCOc1nc(-n2[nH]c(C)c(N=Nc3ccc(Br)cc3)c2=O)nc(C)c1C. The van der Waals surface area contributed by atoms with Crippen molar-refractivity contribution in [3.8, 4) is 11.8 Å². The van der Waals surface area contributed by atoms with E-state index in [9.17, 15) is 4.79 Å². The summed E-state index contributed by atoms with van der Waals surface area (Å²) < 4.78 is 7.74. The average molecular weight is 431 g/mol. The molecule has 0 radical (unpaired) electrons. The van der Waals surface area contributed by atoms with Gasteiger partial charge >= 0.3 is 5.56 Å². The fourth-order valence-corrected chi connectivity index (χ4v) is 2.64. The van der Waals surface area contributed by atoms with Gasteiger partial charge in [-0.2, -0.15) is 14.8 Å². The zero-order valence-corrected chi connectivity index (χ0v) is 17.0. The van der Waals surface area contributed by atoms with Gasteiger partial charge in [-0.25, -0.2) is 4.98 Å². The predicted octanol–water partition coefficient (Wildman–Crippen LogP) is 4.46. The molecule has 2 heterocycles. The molecule has 0 fully saturated rings. The molecule has 8 nitrogen and oxygen atoms in total. The van der Waals surface area contributed by atoms with Gasteiger partial charge in [-0.15, -0.1) is 5.11 Å². The molecule has 0 aliphatic rings. The second-order valence-electron chi connectivity index (χ2n) is 5.87. The van der Waals surface area contributed by atoms with Crippen molar-refractivity contribution >= 4 is 27.3 Å². The number of aromatic nitrogens is 4. The van der Waals surface area contributed by atoms with Gasteiger partial charge in [0.05, 0.1) is 18.0 Å². The first-order valence-electron chi connectivity index (χ1n) is 8.38. The fraction of sp³-hybridized carbons (Fsp3) is 0.278. The Bertz CT molecular complexity index is 1050. The molecule has 1 N–H and O–H groups in total. The van der Waals surface area contributed by atoms with Crippen LogP contribution in [-0.4, -0.2) is 26.4 Å². The molecule has 0 aliphatic carbocycles. The molecule has 0 atom stereocenters. The molecule has 3 aromatic rings. The first kappa shape index (κ1) is 19.0. The first-order chi connectivity index (χ1) is 12.9. The van der Waals surface area contributed by atoms with Crippen LogP contribution in [0.4, 0.5) is 11.4 Å². The van der Waals surface area contributed by atoms with Gasteiger partial charge in [-0.3, -0.25) is 9.89 Å². The Balaban J connectivity index is 2.01. The molecule has 0 saturated heterocycles. The van der Waals surface area contributed by atoms with Gasteiger partial charge in [-0.1, -0.05) is 15.9 Å². The minimum atomic E-state index is -0.376. The second-order valence-corrected chi connectivity index (χ2v) is 6.79. The summed E-state index contributed by atoms with van der Waals surface area (Å²) in [5.74, 6) is 0.664. The maximum Gasteiger partial charge on any atom is 0.301 e. The predicted molar refractivity (Wildman–Crippen MR) is 106 cm³/mol. The molecule has 0 amide bonds. The number of azo groups is 1. The van der Waals surface area contributed by atoms with Gasteiger partial charge in [0.2, 0.25) is 5.88 Å². The number of nitrogens with zero attached hydrogens (tertiary/aromatic N) is 5. The summed E-state index contributed by atoms with van der Waals surface area (Å²) in [6.45, 7) is 7.82. The minimum absolute atomic E-state index is 0.206. The number of ether oxygens (including phenoxy) is 1. The third-order valence-corrected chi connectivity index (χ3v) is 4.47. The number of nitrogens with one attached hydrogen (secondary N) is 1. The Labute approximate surface area is 164 Å². The van der Waals surface area contributed by atoms with E-state index in [0.717, 1.165) is 15.7 Å². The number of aromatic amines is 1. The second kappa shape index (κ2) is 7.83. The molecule has 0 aliphatic heterocycles. The summed E-state index contributed by atoms with van der Waals surface area (Å²) in [6, 6.07) is 7.31. The van der Waals surface area contributed by atoms with Crippen LogP contribution in [-0.2, 0) is 0 Å². The molecule has 140 valence electrons. The molecule has 9 heteroatoms. The Morgan fingerprint density at radius 1 is 1.15 bits per heavy atom. The lowest BCUT2D eigenvalue weighted by molar-refractivity contribution is 0.322. The Hall–Kier alpha value is -2.81. The van der Waals surface area contributed by atoms with E-state index in [1.165, 1.54) is 4.68 Å². The van der Waals surface area contributed by atoms with Crippen molar-refractivity contribution in [1.82, 2.24) is 19.7 Å². The molecule has 0 spiro atoms. The normalized spacial score (nSPS) is 11.3. The molecular formula is C18H19BrN6O2. The number of hydrogen-bond donors (Lipinski definition) is 1. The zero-order valence-electron chi connectivity index (χ0n) is 15.4. The molecule has 1 aromatic carbocycles. The summed E-state index contributed by atoms with van der Waals surface area (Å²) in [4.78, 5) is 21.5. The summed E-state index contributed by atoms with van der Waals surface area (Å²) >= 11 is 3.37. The van der Waals surface area contributed by atoms with Crippen LogP contribution in [0.2, 0.25) is 0 Å². The van der Waals surface area contributed by atoms with E-state index in [0.29, 0.717) is 23.9 Å². The lowest BCUT2D eigenvalue weighted by atomic mass is 10.2. The molecule has 0 unspecified atom stereocenters. The molecule has 3 rings (SSSR count). The maximum atomic E-state index is 12.8. The molecule has 0 bridgehead atoms. The first-order valence-corrected chi connectivity index (χ1v) is 9.17. The van der Waals surface area contributed by atoms with E-state index in [1.807, 2.05) is 32.9 Å². The van der Waals surface area contributed by atoms with Crippen molar-refractivity contribution in [1.29, 1.82) is 0 Å². The fourth-order valence-electron chi connectivity index (χ4n) is 2.38. The van der Waals surface area contributed by atoms with E-state index < -0.39 is 0 Å². The lowest BCUT2D eigenvalue weighted by Gasteiger charge is -2.10. The zero-order chi connectivity index (χ0) is 19.6. The van der Waals surface area contributed by atoms with E-state index >= 15 is 0 Å². The summed E-state index contributed by atoms with van der Waals surface area (Å²) in [6.07, 6.45) is 0. The van der Waals surface area contributed by atoms with Crippen LogP contribution < -0.4 is 10.3 Å². The Kier molecular flexibility index (Phi) is 5.50. The highest BCUT2D eigenvalue weighted by Crippen LogP contribution is 2.22. The van der Waals surface area contributed by atoms with Crippen LogP contribution in [0.15, 0.2) is 43.8 Å². The topological polar surface area (TPSA) is 97.5 Å². The van der Waals surface area contributed by atoms with Crippen LogP contribution in [0.5, 0.6) is 5.88 Å². The van der Waals surface area contributed by atoms with Crippen molar-refractivity contribution in [2.45, 2.75) is 27.7 Å². The molecular weight excluding hydrogens is 412 g/mol. The maximum absolute atomic E-state index is 12.8. The van der Waals surface area contributed by atoms with E-state index in [4.69, 9.17) is 4.74 Å². The van der Waals surface area contributed by atoms with Gasteiger partial charge in [0.25, 0.3) is 5.95 Å². The number of benzene rings is 1. The Morgan fingerprint density at radius 3 is 2.52 bits per heavy atom. The number of aryl methyl sites for hydroxylation is 2. The van der Waals surface area contributed by atoms with Crippen molar-refractivity contribution in [2.75, 3.05) is 6.61 Å². The monoisotopic (exact) mass is 430 g/mol. The van der Waals surface area contributed by atoms with Crippen LogP contribution in [0.1, 0.15) is 23.9 Å². The number of halogens is 1. The van der Waals surface area contributed by atoms with Crippen molar-refractivity contribution in [3.05, 3.63) is 56.0 Å². The highest BCUT2D eigenvalue weighted by atomic mass is 79.9. The largest absolute Gasteiger partial charge is 0.478 e. The molecule has 2 aromatic heterocycles. The highest BCUT2D eigenvalue weighted by Gasteiger charge is 2.17. The standard InChI is InChI=1S/C18H19BrN6O2/c1-5-27-16-10(2)11(3)20-18(21-16)25-17(26)15(12(4)24-25)23-22-14-8-6-13(19)7-9-14/h6-9,24H,5H2,1-4H3. The van der Waals surface area contributed by atoms with Crippen molar-refractivity contribution in [2.24, 2.45) is 10.2 Å². The van der Waals surface area contributed by atoms with Gasteiger partial charge < -0.3 is 4.74 Å². The lowest BCUT2D eigenvalue weighted by Crippen LogP contribution is -2.18. The van der Waals surface area contributed by atoms with Gasteiger partial charge in [-0.05, 0) is 52.0 Å². The van der Waals surface area contributed by atoms with Crippen molar-refractivity contribution in [3.63, 3.8) is 0 Å². The van der Waals surface area contributed by atoms with E-state index in [2.05, 4.69) is 41.2 Å². The highest BCUT2D eigenvalue weighted by molar-refractivity contribution is 9.10. The Morgan fingerprint density at radius 2 is 1.85 bits per heavy atom. The summed E-state index contributed by atoms with van der Waals surface area (Å²) in [7, 11) is 0. The van der Waals surface area contributed by atoms with Crippen LogP contribution in [0.3, 0.4) is 0 Å². The van der Waals surface area contributed by atoms with Crippen LogP contribution in [0.25, 0.3) is 5.95 Å². The average Bonchev–Trinajstić information content (AvgIpc) is 2.92. The van der Waals surface area contributed by atoms with Gasteiger partial charge in [0, 0.05) is 15.7 Å². The smallest absolute Gasteiger partial charge is 0.301 e. The minimum Gasteiger partial charge on any atom is -0.478 e. The summed E-state index contributed by atoms with van der Waals surface area (Å²) in [5.41, 5.74) is 2.62. The summed E-state index contributed by atoms with van der Waals surface area (Å²) in [5, 5.41) is 11.2. The van der Waals surface area contributed by atoms with E-state index in [1.54, 1.807) is 19.1 Å². The quantitative estimate of drug-likeness (QED) is 0.604. The molecule has 0 saturated carbocycles. The van der Waals surface area contributed by atoms with Gasteiger partial charge in [0.1, 0.15) is 0 Å². The van der Waals surface area contributed by atoms with Crippen molar-refractivity contribution < 1.29 is 4.74 Å². The third-order valence-electron chi connectivity index (χ3n) is 3.95. The molecule has 27 heavy (non-hydrogen) atoms. The van der Waals surface area contributed by atoms with Crippen LogP contribution in [0, 0.1) is 20.8 Å². The van der Waals surface area contributed by atoms with Gasteiger partial charge in [0.15, 0.2) is 5.69 Å². The van der Waals surface area contributed by atoms with Crippen LogP contribution >= 0.6 is 15.9 Å². The number of H-pyrrole nitrogens is 1. The van der Waals surface area contributed by atoms with E-state index in [-0.39, 0.29) is 17.2 Å². The third kappa shape index (κ3) is 3.97. The number of hydrogen-bond acceptors (Lipinski definition) is 6.